The van der Waals surface area contributed by atoms with E-state index in [9.17, 15) is 0 Å². The van der Waals surface area contributed by atoms with Crippen LogP contribution in [-0.4, -0.2) is 18.1 Å². The van der Waals surface area contributed by atoms with Crippen molar-refractivity contribution in [3.8, 4) is 5.75 Å². The fraction of sp³-hybridized carbons (Fsp3) is 0.300. The molecule has 0 saturated carbocycles. The summed E-state index contributed by atoms with van der Waals surface area (Å²) in [6.07, 6.45) is 1.05. The summed E-state index contributed by atoms with van der Waals surface area (Å²) in [7, 11) is 0. The minimum atomic E-state index is 0.238. The molecule has 118 valence electrons. The Morgan fingerprint density at radius 1 is 1.17 bits per heavy atom. The average molecular weight is 306 g/mol. The van der Waals surface area contributed by atoms with Crippen molar-refractivity contribution in [1.29, 1.82) is 0 Å². The lowest BCUT2D eigenvalue weighted by Crippen LogP contribution is -2.30. The van der Waals surface area contributed by atoms with Crippen LogP contribution in [0.3, 0.4) is 0 Å². The van der Waals surface area contributed by atoms with Gasteiger partial charge in [-0.25, -0.2) is 0 Å². The Morgan fingerprint density at radius 3 is 2.91 bits per heavy atom. The number of hydrogen-bond acceptors (Lipinski definition) is 2. The highest BCUT2D eigenvalue weighted by Gasteiger charge is 2.25. The largest absolute Gasteiger partial charge is 0.494 e. The van der Waals surface area contributed by atoms with E-state index in [1.165, 1.54) is 33.3 Å². The third-order valence-corrected chi connectivity index (χ3v) is 4.61. The van der Waals surface area contributed by atoms with Gasteiger partial charge in [-0.1, -0.05) is 29.8 Å². The summed E-state index contributed by atoms with van der Waals surface area (Å²) in [5.74, 6) is 0.951. The number of H-pyrrole nitrogens is 1. The summed E-state index contributed by atoms with van der Waals surface area (Å²) in [5, 5.41) is 4.95. The molecule has 2 N–H and O–H groups in total. The van der Waals surface area contributed by atoms with Gasteiger partial charge < -0.3 is 15.0 Å². The molecule has 2 heterocycles. The molecule has 2 aromatic carbocycles. The summed E-state index contributed by atoms with van der Waals surface area (Å²) in [6.45, 7) is 5.87. The molecule has 1 aliphatic heterocycles. The van der Waals surface area contributed by atoms with Crippen LogP contribution in [0.4, 0.5) is 0 Å². The third kappa shape index (κ3) is 2.51. The highest BCUT2D eigenvalue weighted by Crippen LogP contribution is 2.35. The molecular weight excluding hydrogens is 284 g/mol. The maximum absolute atomic E-state index is 5.67. The van der Waals surface area contributed by atoms with Gasteiger partial charge in [-0.3, -0.25) is 0 Å². The minimum Gasteiger partial charge on any atom is -0.494 e. The molecule has 0 amide bonds. The zero-order chi connectivity index (χ0) is 15.8. The quantitative estimate of drug-likeness (QED) is 0.764. The second-order valence-corrected chi connectivity index (χ2v) is 6.21. The molecule has 0 aliphatic carbocycles. The lowest BCUT2D eigenvalue weighted by molar-refractivity contribution is 0.340. The van der Waals surface area contributed by atoms with Gasteiger partial charge in [0.15, 0.2) is 0 Å². The summed E-state index contributed by atoms with van der Waals surface area (Å²) < 4.78 is 5.67. The molecular formula is C20H22N2O. The highest BCUT2D eigenvalue weighted by atomic mass is 16.5. The number of ether oxygens (including phenoxy) is 1. The smallest absolute Gasteiger partial charge is 0.120 e. The summed E-state index contributed by atoms with van der Waals surface area (Å²) in [4.78, 5) is 3.64. The number of benzene rings is 2. The van der Waals surface area contributed by atoms with E-state index in [-0.39, 0.29) is 6.04 Å². The Labute approximate surface area is 136 Å². The van der Waals surface area contributed by atoms with Gasteiger partial charge in [0.2, 0.25) is 0 Å². The standard InChI is InChI=1S/C20H22N2O/c1-3-23-15-7-8-18-17(12-15)16-9-10-21-19(20(16)22-18)14-6-4-5-13(2)11-14/h4-8,11-12,19,21-22H,3,9-10H2,1-2H3. The van der Waals surface area contributed by atoms with Crippen LogP contribution < -0.4 is 10.1 Å². The lowest BCUT2D eigenvalue weighted by Gasteiger charge is -2.25. The van der Waals surface area contributed by atoms with Gasteiger partial charge >= 0.3 is 0 Å². The molecule has 0 spiro atoms. The van der Waals surface area contributed by atoms with Crippen molar-refractivity contribution in [2.45, 2.75) is 26.3 Å². The molecule has 1 aliphatic rings. The molecule has 1 aromatic heterocycles. The highest BCUT2D eigenvalue weighted by molar-refractivity contribution is 5.86. The first-order chi connectivity index (χ1) is 11.3. The molecule has 0 fully saturated rings. The normalized spacial score (nSPS) is 17.2. The van der Waals surface area contributed by atoms with Crippen molar-refractivity contribution < 1.29 is 4.74 Å². The van der Waals surface area contributed by atoms with E-state index in [2.05, 4.69) is 53.6 Å². The molecule has 0 saturated heterocycles. The fourth-order valence-corrected chi connectivity index (χ4v) is 3.60. The number of rotatable bonds is 3. The minimum absolute atomic E-state index is 0.238. The van der Waals surface area contributed by atoms with Gasteiger partial charge in [-0.15, -0.1) is 0 Å². The van der Waals surface area contributed by atoms with Gasteiger partial charge in [0.25, 0.3) is 0 Å². The number of hydrogen-bond donors (Lipinski definition) is 2. The van der Waals surface area contributed by atoms with Crippen LogP contribution in [0.15, 0.2) is 42.5 Å². The SMILES string of the molecule is CCOc1ccc2[nH]c3c(c2c1)CCNC3c1cccc(C)c1. The van der Waals surface area contributed by atoms with Crippen LogP contribution in [-0.2, 0) is 6.42 Å². The molecule has 3 aromatic rings. The predicted molar refractivity (Wildman–Crippen MR) is 94.2 cm³/mol. The molecule has 3 nitrogen and oxygen atoms in total. The Kier molecular flexibility index (Phi) is 3.58. The third-order valence-electron chi connectivity index (χ3n) is 4.61. The lowest BCUT2D eigenvalue weighted by atomic mass is 9.93. The van der Waals surface area contributed by atoms with Gasteiger partial charge in [-0.05, 0) is 49.6 Å². The number of aromatic amines is 1. The van der Waals surface area contributed by atoms with Crippen LogP contribution in [0.2, 0.25) is 0 Å². The monoisotopic (exact) mass is 306 g/mol. The number of aryl methyl sites for hydroxylation is 1. The van der Waals surface area contributed by atoms with E-state index in [1.54, 1.807) is 0 Å². The molecule has 23 heavy (non-hydrogen) atoms. The van der Waals surface area contributed by atoms with Gasteiger partial charge in [0.1, 0.15) is 5.75 Å². The zero-order valence-electron chi connectivity index (χ0n) is 13.6. The van der Waals surface area contributed by atoms with Crippen molar-refractivity contribution in [1.82, 2.24) is 10.3 Å². The molecule has 4 rings (SSSR count). The first-order valence-electron chi connectivity index (χ1n) is 8.33. The summed E-state index contributed by atoms with van der Waals surface area (Å²) in [6, 6.07) is 15.3. The number of fused-ring (bicyclic) bond motifs is 3. The van der Waals surface area contributed by atoms with Crippen LogP contribution in [0.5, 0.6) is 5.75 Å². The Morgan fingerprint density at radius 2 is 2.09 bits per heavy atom. The maximum atomic E-state index is 5.67. The Hall–Kier alpha value is -2.26. The van der Waals surface area contributed by atoms with Crippen molar-refractivity contribution in [2.75, 3.05) is 13.2 Å². The van der Waals surface area contributed by atoms with E-state index >= 15 is 0 Å². The van der Waals surface area contributed by atoms with Gasteiger partial charge in [-0.2, -0.15) is 0 Å². The number of aromatic nitrogens is 1. The van der Waals surface area contributed by atoms with E-state index in [1.807, 2.05) is 13.0 Å². The molecule has 1 unspecified atom stereocenters. The topological polar surface area (TPSA) is 37.0 Å². The second-order valence-electron chi connectivity index (χ2n) is 6.21. The predicted octanol–water partition coefficient (Wildman–Crippen LogP) is 4.11. The summed E-state index contributed by atoms with van der Waals surface area (Å²) in [5.41, 5.74) is 6.53. The van der Waals surface area contributed by atoms with Crippen LogP contribution >= 0.6 is 0 Å². The fourth-order valence-electron chi connectivity index (χ4n) is 3.60. The molecule has 3 heteroatoms. The molecule has 1 atom stereocenters. The van der Waals surface area contributed by atoms with Gasteiger partial charge in [0, 0.05) is 23.1 Å². The van der Waals surface area contributed by atoms with Crippen molar-refractivity contribution >= 4 is 10.9 Å². The van der Waals surface area contributed by atoms with E-state index in [0.717, 1.165) is 18.7 Å². The van der Waals surface area contributed by atoms with E-state index in [0.29, 0.717) is 6.61 Å². The van der Waals surface area contributed by atoms with Crippen molar-refractivity contribution in [3.63, 3.8) is 0 Å². The van der Waals surface area contributed by atoms with E-state index < -0.39 is 0 Å². The first kappa shape index (κ1) is 14.3. The van der Waals surface area contributed by atoms with Crippen LogP contribution in [0.25, 0.3) is 10.9 Å². The van der Waals surface area contributed by atoms with Crippen LogP contribution in [0, 0.1) is 6.92 Å². The molecule has 0 radical (unpaired) electrons. The second kappa shape index (κ2) is 5.74. The summed E-state index contributed by atoms with van der Waals surface area (Å²) >= 11 is 0. The molecule has 0 bridgehead atoms. The van der Waals surface area contributed by atoms with E-state index in [4.69, 9.17) is 4.74 Å². The Bertz CT molecular complexity index is 850. The first-order valence-corrected chi connectivity index (χ1v) is 8.33. The van der Waals surface area contributed by atoms with Crippen molar-refractivity contribution in [2.24, 2.45) is 0 Å². The van der Waals surface area contributed by atoms with Crippen molar-refractivity contribution in [3.05, 3.63) is 64.8 Å². The van der Waals surface area contributed by atoms with Gasteiger partial charge in [0.05, 0.1) is 12.6 Å². The Balaban J connectivity index is 1.83. The zero-order valence-corrected chi connectivity index (χ0v) is 13.6. The number of nitrogens with one attached hydrogen (secondary N) is 2. The average Bonchev–Trinajstić information content (AvgIpc) is 2.93. The maximum Gasteiger partial charge on any atom is 0.120 e. The van der Waals surface area contributed by atoms with Crippen LogP contribution in [0.1, 0.15) is 35.3 Å².